The van der Waals surface area contributed by atoms with E-state index >= 15 is 0 Å². The van der Waals surface area contributed by atoms with Gasteiger partial charge in [-0.25, -0.2) is 13.2 Å². The standard InChI is InChI=1S/C13H17NO5S2/c1-13(2,21(3,18)19)12(17)14-7-10-6-9(8-20-10)4-5-11(15)16/h4-6,8H,7H2,1-3H3,(H,14,17)(H,15,16). The number of thiophene rings is 1. The van der Waals surface area contributed by atoms with Crippen LogP contribution >= 0.6 is 11.3 Å². The van der Waals surface area contributed by atoms with Crippen LogP contribution in [0.3, 0.4) is 0 Å². The van der Waals surface area contributed by atoms with E-state index < -0.39 is 26.5 Å². The Bertz CT molecular complexity index is 670. The van der Waals surface area contributed by atoms with Gasteiger partial charge in [-0.3, -0.25) is 4.79 Å². The summed E-state index contributed by atoms with van der Waals surface area (Å²) in [6.07, 6.45) is 3.49. The average molecular weight is 331 g/mol. The molecule has 0 radical (unpaired) electrons. The van der Waals surface area contributed by atoms with Crippen LogP contribution in [0.15, 0.2) is 17.5 Å². The van der Waals surface area contributed by atoms with Crippen LogP contribution in [0.1, 0.15) is 24.3 Å². The fourth-order valence-corrected chi connectivity index (χ4v) is 2.50. The molecule has 1 aromatic heterocycles. The van der Waals surface area contributed by atoms with Crippen molar-refractivity contribution >= 4 is 39.1 Å². The summed E-state index contributed by atoms with van der Waals surface area (Å²) < 4.78 is 21.6. The minimum Gasteiger partial charge on any atom is -0.478 e. The van der Waals surface area contributed by atoms with Gasteiger partial charge in [0.05, 0.1) is 6.54 Å². The first-order valence-electron chi connectivity index (χ1n) is 6.00. The predicted molar refractivity (Wildman–Crippen MR) is 81.8 cm³/mol. The highest BCUT2D eigenvalue weighted by molar-refractivity contribution is 7.92. The number of hydrogen-bond acceptors (Lipinski definition) is 5. The molecule has 0 aliphatic heterocycles. The fraction of sp³-hybridized carbons (Fsp3) is 0.385. The summed E-state index contributed by atoms with van der Waals surface area (Å²) in [4.78, 5) is 23.1. The first kappa shape index (κ1) is 17.4. The summed E-state index contributed by atoms with van der Waals surface area (Å²) in [6, 6.07) is 1.73. The van der Waals surface area contributed by atoms with Gasteiger partial charge in [-0.1, -0.05) is 0 Å². The van der Waals surface area contributed by atoms with Crippen molar-refractivity contribution in [3.8, 4) is 0 Å². The summed E-state index contributed by atoms with van der Waals surface area (Å²) >= 11 is 1.35. The number of sulfone groups is 1. The van der Waals surface area contributed by atoms with E-state index in [0.717, 1.165) is 17.2 Å². The van der Waals surface area contributed by atoms with Gasteiger partial charge in [0.15, 0.2) is 9.84 Å². The van der Waals surface area contributed by atoms with E-state index in [0.29, 0.717) is 5.56 Å². The molecule has 1 rings (SSSR count). The Morgan fingerprint density at radius 3 is 2.57 bits per heavy atom. The molecule has 0 saturated carbocycles. The monoisotopic (exact) mass is 331 g/mol. The molecular formula is C13H17NO5S2. The number of carbonyl (C=O) groups is 2. The summed E-state index contributed by atoms with van der Waals surface area (Å²) in [7, 11) is -3.50. The molecule has 1 aromatic rings. The molecule has 0 aromatic carbocycles. The maximum absolute atomic E-state index is 11.9. The molecule has 0 saturated heterocycles. The van der Waals surface area contributed by atoms with Crippen LogP contribution in [-0.4, -0.2) is 36.4 Å². The fourth-order valence-electron chi connectivity index (χ4n) is 1.29. The Hall–Kier alpha value is -1.67. The number of carboxylic acids is 1. The minimum absolute atomic E-state index is 0.198. The van der Waals surface area contributed by atoms with E-state index in [1.165, 1.54) is 31.3 Å². The van der Waals surface area contributed by atoms with Gasteiger partial charge in [0.2, 0.25) is 5.91 Å². The minimum atomic E-state index is -3.50. The molecule has 0 unspecified atom stereocenters. The molecular weight excluding hydrogens is 314 g/mol. The Kier molecular flexibility index (Phi) is 5.30. The van der Waals surface area contributed by atoms with Crippen LogP contribution in [-0.2, 0) is 26.0 Å². The lowest BCUT2D eigenvalue weighted by molar-refractivity contribution is -0.131. The average Bonchev–Trinajstić information content (AvgIpc) is 2.79. The van der Waals surface area contributed by atoms with Crippen molar-refractivity contribution in [3.63, 3.8) is 0 Å². The SMILES string of the molecule is CC(C)(C(=O)NCc1cc(C=CC(=O)O)cs1)S(C)(=O)=O. The number of carbonyl (C=O) groups excluding carboxylic acids is 1. The number of aliphatic carboxylic acids is 1. The van der Waals surface area contributed by atoms with Crippen molar-refractivity contribution in [2.75, 3.05) is 6.26 Å². The molecule has 0 bridgehead atoms. The second kappa shape index (κ2) is 6.40. The highest BCUT2D eigenvalue weighted by Crippen LogP contribution is 2.18. The van der Waals surface area contributed by atoms with Crippen molar-refractivity contribution in [2.24, 2.45) is 0 Å². The summed E-state index contributed by atoms with van der Waals surface area (Å²) in [6.45, 7) is 2.91. The molecule has 0 fully saturated rings. The summed E-state index contributed by atoms with van der Waals surface area (Å²) in [5.74, 6) is -1.60. The van der Waals surface area contributed by atoms with Crippen molar-refractivity contribution in [2.45, 2.75) is 25.1 Å². The lowest BCUT2D eigenvalue weighted by Gasteiger charge is -2.21. The smallest absolute Gasteiger partial charge is 0.328 e. The molecule has 8 heteroatoms. The van der Waals surface area contributed by atoms with Gasteiger partial charge < -0.3 is 10.4 Å². The Morgan fingerprint density at radius 2 is 2.05 bits per heavy atom. The van der Waals surface area contributed by atoms with Crippen molar-refractivity contribution < 1.29 is 23.1 Å². The topological polar surface area (TPSA) is 101 Å². The lowest BCUT2D eigenvalue weighted by atomic mass is 10.2. The molecule has 0 spiro atoms. The van der Waals surface area contributed by atoms with E-state index in [1.54, 1.807) is 11.4 Å². The quantitative estimate of drug-likeness (QED) is 0.765. The van der Waals surface area contributed by atoms with Gasteiger partial charge >= 0.3 is 5.97 Å². The third kappa shape index (κ3) is 4.68. The molecule has 1 heterocycles. The van der Waals surface area contributed by atoms with Crippen LogP contribution < -0.4 is 5.32 Å². The van der Waals surface area contributed by atoms with Gasteiger partial charge in [-0.2, -0.15) is 0 Å². The van der Waals surface area contributed by atoms with Crippen LogP contribution in [0.5, 0.6) is 0 Å². The van der Waals surface area contributed by atoms with E-state index in [2.05, 4.69) is 5.32 Å². The zero-order valence-electron chi connectivity index (χ0n) is 11.9. The first-order chi connectivity index (χ1) is 9.54. The summed E-state index contributed by atoms with van der Waals surface area (Å²) in [5, 5.41) is 12.9. The number of carboxylic acid groups (broad SMARTS) is 1. The number of hydrogen-bond donors (Lipinski definition) is 2. The second-order valence-electron chi connectivity index (χ2n) is 4.98. The summed E-state index contributed by atoms with van der Waals surface area (Å²) in [5.41, 5.74) is 0.717. The van der Waals surface area contributed by atoms with Crippen LogP contribution in [0.2, 0.25) is 0 Å². The number of rotatable bonds is 6. The first-order valence-corrected chi connectivity index (χ1v) is 8.77. The second-order valence-corrected chi connectivity index (χ2v) is 8.54. The Labute approximate surface area is 127 Å². The van der Waals surface area contributed by atoms with Gasteiger partial charge in [-0.15, -0.1) is 11.3 Å². The highest BCUT2D eigenvalue weighted by Gasteiger charge is 2.38. The normalized spacial score (nSPS) is 12.5. The number of nitrogens with one attached hydrogen (secondary N) is 1. The van der Waals surface area contributed by atoms with E-state index in [9.17, 15) is 18.0 Å². The maximum atomic E-state index is 11.9. The predicted octanol–water partition coefficient (Wildman–Crippen LogP) is 1.29. The molecule has 116 valence electrons. The van der Waals surface area contributed by atoms with Crippen molar-refractivity contribution in [1.82, 2.24) is 5.32 Å². The van der Waals surface area contributed by atoms with E-state index in [1.807, 2.05) is 0 Å². The maximum Gasteiger partial charge on any atom is 0.328 e. The van der Waals surface area contributed by atoms with E-state index in [-0.39, 0.29) is 6.54 Å². The Balaban J connectivity index is 2.69. The Morgan fingerprint density at radius 1 is 1.43 bits per heavy atom. The van der Waals surface area contributed by atoms with E-state index in [4.69, 9.17) is 5.11 Å². The molecule has 0 aliphatic carbocycles. The molecule has 0 atom stereocenters. The molecule has 21 heavy (non-hydrogen) atoms. The lowest BCUT2D eigenvalue weighted by Crippen LogP contribution is -2.47. The van der Waals surface area contributed by atoms with Crippen LogP contribution in [0, 0.1) is 0 Å². The zero-order valence-corrected chi connectivity index (χ0v) is 13.5. The highest BCUT2D eigenvalue weighted by atomic mass is 32.2. The third-order valence-electron chi connectivity index (χ3n) is 2.99. The largest absolute Gasteiger partial charge is 0.478 e. The van der Waals surface area contributed by atoms with Gasteiger partial charge in [0.25, 0.3) is 0 Å². The van der Waals surface area contributed by atoms with Crippen molar-refractivity contribution in [3.05, 3.63) is 28.0 Å². The van der Waals surface area contributed by atoms with Crippen LogP contribution in [0.4, 0.5) is 0 Å². The molecule has 2 N–H and O–H groups in total. The third-order valence-corrected chi connectivity index (χ3v) is 5.98. The van der Waals surface area contributed by atoms with Gasteiger partial charge in [0.1, 0.15) is 4.75 Å². The zero-order chi connectivity index (χ0) is 16.3. The van der Waals surface area contributed by atoms with Crippen molar-refractivity contribution in [1.29, 1.82) is 0 Å². The van der Waals surface area contributed by atoms with Gasteiger partial charge in [-0.05, 0) is 36.9 Å². The number of amides is 1. The van der Waals surface area contributed by atoms with Gasteiger partial charge in [0, 0.05) is 17.2 Å². The molecule has 6 nitrogen and oxygen atoms in total. The van der Waals surface area contributed by atoms with Crippen LogP contribution in [0.25, 0.3) is 6.08 Å². The molecule has 1 amide bonds. The molecule has 0 aliphatic rings.